The Bertz CT molecular complexity index is 875. The quantitative estimate of drug-likeness (QED) is 0.676. The van der Waals surface area contributed by atoms with Crippen molar-refractivity contribution in [3.8, 4) is 11.5 Å². The molecule has 0 spiro atoms. The van der Waals surface area contributed by atoms with Gasteiger partial charge in [0.15, 0.2) is 0 Å². The van der Waals surface area contributed by atoms with E-state index in [0.717, 1.165) is 18.6 Å². The predicted molar refractivity (Wildman–Crippen MR) is 117 cm³/mol. The average molecular weight is 411 g/mol. The molecule has 160 valence electrons. The number of nitrogens with one attached hydrogen (secondary N) is 2. The number of rotatable bonds is 8. The first-order valence-electron chi connectivity index (χ1n) is 10.5. The van der Waals surface area contributed by atoms with E-state index in [1.807, 2.05) is 38.1 Å². The molecule has 0 aromatic heterocycles. The van der Waals surface area contributed by atoms with Gasteiger partial charge in [-0.1, -0.05) is 32.0 Å². The van der Waals surface area contributed by atoms with E-state index in [0.29, 0.717) is 17.0 Å². The Morgan fingerprint density at radius 3 is 2.47 bits per heavy atom. The summed E-state index contributed by atoms with van der Waals surface area (Å²) in [6.45, 7) is 3.79. The van der Waals surface area contributed by atoms with Crippen LogP contribution in [0.1, 0.15) is 49.9 Å². The smallest absolute Gasteiger partial charge is 0.255 e. The number of para-hydroxylation sites is 1. The lowest BCUT2D eigenvalue weighted by atomic mass is 10.0. The van der Waals surface area contributed by atoms with Crippen LogP contribution in [0.25, 0.3) is 0 Å². The van der Waals surface area contributed by atoms with Crippen molar-refractivity contribution in [3.63, 3.8) is 0 Å². The first kappa shape index (κ1) is 21.7. The van der Waals surface area contributed by atoms with E-state index in [1.54, 1.807) is 24.3 Å². The molecule has 1 aliphatic carbocycles. The number of amides is 2. The van der Waals surface area contributed by atoms with Gasteiger partial charge in [-0.25, -0.2) is 0 Å². The number of benzene rings is 2. The molecule has 0 radical (unpaired) electrons. The minimum atomic E-state index is -0.693. The van der Waals surface area contributed by atoms with Crippen molar-refractivity contribution in [2.45, 2.75) is 51.7 Å². The normalized spacial score (nSPS) is 14.9. The maximum atomic E-state index is 12.9. The van der Waals surface area contributed by atoms with Gasteiger partial charge in [-0.2, -0.15) is 0 Å². The number of ether oxygens (including phenoxy) is 2. The maximum Gasteiger partial charge on any atom is 0.255 e. The van der Waals surface area contributed by atoms with Crippen LogP contribution in [0.15, 0.2) is 48.5 Å². The monoisotopic (exact) mass is 410 g/mol. The lowest BCUT2D eigenvalue weighted by Crippen LogP contribution is -2.47. The summed E-state index contributed by atoms with van der Waals surface area (Å²) in [4.78, 5) is 25.7. The first-order chi connectivity index (χ1) is 14.5. The lowest BCUT2D eigenvalue weighted by Gasteiger charge is -2.22. The van der Waals surface area contributed by atoms with Gasteiger partial charge in [0.25, 0.3) is 5.91 Å². The molecule has 2 amide bonds. The van der Waals surface area contributed by atoms with E-state index in [-0.39, 0.29) is 23.8 Å². The van der Waals surface area contributed by atoms with Gasteiger partial charge in [0.2, 0.25) is 5.91 Å². The molecule has 0 bridgehead atoms. The summed E-state index contributed by atoms with van der Waals surface area (Å²) in [5, 5.41) is 5.75. The second-order valence-electron chi connectivity index (χ2n) is 7.94. The lowest BCUT2D eigenvalue weighted by molar-refractivity contribution is -0.118. The number of carbonyl (C=O) groups excluding carboxylic acids is 2. The third-order valence-corrected chi connectivity index (χ3v) is 5.29. The van der Waals surface area contributed by atoms with Crippen LogP contribution in [-0.4, -0.2) is 31.1 Å². The van der Waals surface area contributed by atoms with Gasteiger partial charge in [-0.3, -0.25) is 9.59 Å². The summed E-state index contributed by atoms with van der Waals surface area (Å²) >= 11 is 0. The van der Waals surface area contributed by atoms with Gasteiger partial charge in [0, 0.05) is 11.8 Å². The van der Waals surface area contributed by atoms with E-state index < -0.39 is 6.04 Å². The van der Waals surface area contributed by atoms with Crippen LogP contribution in [0, 0.1) is 5.92 Å². The largest absolute Gasteiger partial charge is 0.496 e. The van der Waals surface area contributed by atoms with E-state index in [4.69, 9.17) is 9.47 Å². The van der Waals surface area contributed by atoms with Crippen LogP contribution >= 0.6 is 0 Å². The zero-order chi connectivity index (χ0) is 21.5. The minimum Gasteiger partial charge on any atom is -0.496 e. The Hall–Kier alpha value is -3.02. The molecule has 1 unspecified atom stereocenters. The van der Waals surface area contributed by atoms with Crippen molar-refractivity contribution in [2.75, 3.05) is 12.4 Å². The summed E-state index contributed by atoms with van der Waals surface area (Å²) in [7, 11) is 1.51. The predicted octanol–water partition coefficient (Wildman–Crippen LogP) is 4.41. The van der Waals surface area contributed by atoms with Gasteiger partial charge >= 0.3 is 0 Å². The Balaban J connectivity index is 1.67. The molecule has 1 saturated carbocycles. The SMILES string of the molecule is COc1ccccc1C(=O)NC(C(=O)Nc1cccc(OC2CCCC2)c1)C(C)C. The third kappa shape index (κ3) is 5.53. The molecule has 6 heteroatoms. The summed E-state index contributed by atoms with van der Waals surface area (Å²) in [5.41, 5.74) is 1.04. The molecular formula is C24H30N2O4. The van der Waals surface area contributed by atoms with Gasteiger partial charge in [0.05, 0.1) is 18.8 Å². The molecule has 6 nitrogen and oxygen atoms in total. The summed E-state index contributed by atoms with van der Waals surface area (Å²) in [6.07, 6.45) is 4.79. The van der Waals surface area contributed by atoms with Crippen molar-refractivity contribution in [3.05, 3.63) is 54.1 Å². The summed E-state index contributed by atoms with van der Waals surface area (Å²) in [5.74, 6) is 0.501. The minimum absolute atomic E-state index is 0.0958. The van der Waals surface area contributed by atoms with Gasteiger partial charge in [-0.15, -0.1) is 0 Å². The Morgan fingerprint density at radius 2 is 1.77 bits per heavy atom. The van der Waals surface area contributed by atoms with Crippen LogP contribution in [0.3, 0.4) is 0 Å². The number of methoxy groups -OCH3 is 1. The highest BCUT2D eigenvalue weighted by Crippen LogP contribution is 2.26. The molecular weight excluding hydrogens is 380 g/mol. The number of hydrogen-bond acceptors (Lipinski definition) is 4. The molecule has 3 rings (SSSR count). The van der Waals surface area contributed by atoms with Crippen LogP contribution in [0.5, 0.6) is 11.5 Å². The van der Waals surface area contributed by atoms with E-state index in [9.17, 15) is 9.59 Å². The highest BCUT2D eigenvalue weighted by atomic mass is 16.5. The molecule has 1 atom stereocenters. The Kier molecular flexibility index (Phi) is 7.33. The van der Waals surface area contributed by atoms with Crippen LogP contribution < -0.4 is 20.1 Å². The number of hydrogen-bond donors (Lipinski definition) is 2. The summed E-state index contributed by atoms with van der Waals surface area (Å²) in [6, 6.07) is 13.7. The Morgan fingerprint density at radius 1 is 1.03 bits per heavy atom. The second kappa shape index (κ2) is 10.1. The van der Waals surface area contributed by atoms with E-state index >= 15 is 0 Å². The fraction of sp³-hybridized carbons (Fsp3) is 0.417. The molecule has 1 aliphatic rings. The zero-order valence-corrected chi connectivity index (χ0v) is 17.8. The molecule has 0 heterocycles. The second-order valence-corrected chi connectivity index (χ2v) is 7.94. The number of anilines is 1. The maximum absolute atomic E-state index is 12.9. The van der Waals surface area contributed by atoms with Gasteiger partial charge < -0.3 is 20.1 Å². The van der Waals surface area contributed by atoms with Crippen molar-refractivity contribution in [1.29, 1.82) is 0 Å². The zero-order valence-electron chi connectivity index (χ0n) is 17.8. The van der Waals surface area contributed by atoms with Crippen LogP contribution in [-0.2, 0) is 4.79 Å². The highest BCUT2D eigenvalue weighted by molar-refractivity contribution is 6.02. The fourth-order valence-corrected chi connectivity index (χ4v) is 3.65. The highest BCUT2D eigenvalue weighted by Gasteiger charge is 2.26. The van der Waals surface area contributed by atoms with Crippen molar-refractivity contribution >= 4 is 17.5 Å². The summed E-state index contributed by atoms with van der Waals surface area (Å²) < 4.78 is 11.3. The molecule has 2 aromatic rings. The Labute approximate surface area is 178 Å². The van der Waals surface area contributed by atoms with E-state index in [1.165, 1.54) is 20.0 Å². The molecule has 30 heavy (non-hydrogen) atoms. The number of carbonyl (C=O) groups is 2. The van der Waals surface area contributed by atoms with Crippen molar-refractivity contribution < 1.29 is 19.1 Å². The van der Waals surface area contributed by atoms with Gasteiger partial charge in [-0.05, 0) is 55.9 Å². The van der Waals surface area contributed by atoms with Crippen LogP contribution in [0.4, 0.5) is 5.69 Å². The average Bonchev–Trinajstić information content (AvgIpc) is 3.24. The molecule has 0 saturated heterocycles. The van der Waals surface area contributed by atoms with E-state index in [2.05, 4.69) is 10.6 Å². The molecule has 2 aromatic carbocycles. The van der Waals surface area contributed by atoms with Crippen molar-refractivity contribution in [1.82, 2.24) is 5.32 Å². The molecule has 1 fully saturated rings. The van der Waals surface area contributed by atoms with Crippen molar-refractivity contribution in [2.24, 2.45) is 5.92 Å². The van der Waals surface area contributed by atoms with Crippen LogP contribution in [0.2, 0.25) is 0 Å². The first-order valence-corrected chi connectivity index (χ1v) is 10.5. The molecule has 2 N–H and O–H groups in total. The molecule has 0 aliphatic heterocycles. The topological polar surface area (TPSA) is 76.7 Å². The van der Waals surface area contributed by atoms with Gasteiger partial charge in [0.1, 0.15) is 17.5 Å². The fourth-order valence-electron chi connectivity index (χ4n) is 3.65. The third-order valence-electron chi connectivity index (χ3n) is 5.29. The standard InChI is InChI=1S/C24H30N2O4/c1-16(2)22(26-23(27)20-13-6-7-14-21(20)29-3)24(28)25-17-9-8-12-19(15-17)30-18-10-4-5-11-18/h6-9,12-16,18,22H,4-5,10-11H2,1-3H3,(H,25,28)(H,26,27).